The lowest BCUT2D eigenvalue weighted by molar-refractivity contribution is 0.283. The fraction of sp³-hybridized carbons (Fsp3) is 0.733. The van der Waals surface area contributed by atoms with Crippen molar-refractivity contribution < 1.29 is 0 Å². The molecule has 1 aromatic rings. The Kier molecular flexibility index (Phi) is 4.02. The first kappa shape index (κ1) is 12.6. The molecule has 0 amide bonds. The van der Waals surface area contributed by atoms with Crippen LogP contribution < -0.4 is 10.6 Å². The Labute approximate surface area is 114 Å². The molecule has 3 heteroatoms. The number of hydrogen-bond acceptors (Lipinski definition) is 3. The molecule has 2 atom stereocenters. The minimum atomic E-state index is 0.841. The zero-order valence-electron chi connectivity index (χ0n) is 11.2. The third kappa shape index (κ3) is 2.95. The van der Waals surface area contributed by atoms with Gasteiger partial charge in [-0.15, -0.1) is 0 Å². The second-order valence-corrected chi connectivity index (χ2v) is 6.76. The maximum atomic E-state index is 3.72. The summed E-state index contributed by atoms with van der Waals surface area (Å²) in [5.41, 5.74) is 2.91. The highest BCUT2D eigenvalue weighted by Gasteiger charge is 2.32. The Morgan fingerprint density at radius 3 is 2.72 bits per heavy atom. The van der Waals surface area contributed by atoms with Crippen LogP contribution in [0.1, 0.15) is 43.2 Å². The first-order valence-corrected chi connectivity index (χ1v) is 8.24. The number of fused-ring (bicyclic) bond motifs is 2. The summed E-state index contributed by atoms with van der Waals surface area (Å²) in [6, 6.07) is 1.68. The predicted molar refractivity (Wildman–Crippen MR) is 78.0 cm³/mol. The van der Waals surface area contributed by atoms with Crippen molar-refractivity contribution in [1.82, 2.24) is 10.6 Å². The fourth-order valence-corrected chi connectivity index (χ4v) is 4.37. The average Bonchev–Trinajstić information content (AvgIpc) is 2.92. The molecule has 3 heterocycles. The number of thiophene rings is 1. The van der Waals surface area contributed by atoms with E-state index in [0.29, 0.717) is 0 Å². The van der Waals surface area contributed by atoms with Gasteiger partial charge in [0.1, 0.15) is 0 Å². The molecule has 2 N–H and O–H groups in total. The van der Waals surface area contributed by atoms with Crippen LogP contribution in [0.5, 0.6) is 0 Å². The van der Waals surface area contributed by atoms with Crippen LogP contribution in [0.15, 0.2) is 10.8 Å². The first-order valence-electron chi connectivity index (χ1n) is 7.29. The van der Waals surface area contributed by atoms with Crippen LogP contribution >= 0.6 is 11.3 Å². The first-order chi connectivity index (χ1) is 8.81. The van der Waals surface area contributed by atoms with Gasteiger partial charge in [0, 0.05) is 18.6 Å². The highest BCUT2D eigenvalue weighted by molar-refractivity contribution is 7.08. The molecule has 2 bridgehead atoms. The van der Waals surface area contributed by atoms with E-state index in [0.717, 1.165) is 24.5 Å². The molecule has 2 saturated heterocycles. The highest BCUT2D eigenvalue weighted by atomic mass is 32.1. The SMILES string of the molecule is Cc1cscc1CNCCC1CC2CCC(C1)N2. The summed E-state index contributed by atoms with van der Waals surface area (Å²) in [4.78, 5) is 0. The second kappa shape index (κ2) is 5.72. The molecule has 0 radical (unpaired) electrons. The number of rotatable bonds is 5. The highest BCUT2D eigenvalue weighted by Crippen LogP contribution is 2.32. The lowest BCUT2D eigenvalue weighted by Crippen LogP contribution is -2.38. The predicted octanol–water partition coefficient (Wildman–Crippen LogP) is 3.07. The van der Waals surface area contributed by atoms with Crippen LogP contribution in [0.2, 0.25) is 0 Å². The van der Waals surface area contributed by atoms with E-state index in [1.165, 1.54) is 49.8 Å². The monoisotopic (exact) mass is 264 g/mol. The molecule has 2 aliphatic rings. The summed E-state index contributed by atoms with van der Waals surface area (Å²) in [6.07, 6.45) is 7.02. The number of hydrogen-bond donors (Lipinski definition) is 2. The summed E-state index contributed by atoms with van der Waals surface area (Å²) < 4.78 is 0. The lowest BCUT2D eigenvalue weighted by atomic mass is 9.90. The fourth-order valence-electron chi connectivity index (χ4n) is 3.51. The third-order valence-electron chi connectivity index (χ3n) is 4.58. The molecule has 2 aliphatic heterocycles. The molecular weight excluding hydrogens is 240 g/mol. The van der Waals surface area contributed by atoms with Crippen molar-refractivity contribution in [2.75, 3.05) is 6.54 Å². The van der Waals surface area contributed by atoms with E-state index in [4.69, 9.17) is 0 Å². The van der Waals surface area contributed by atoms with E-state index >= 15 is 0 Å². The van der Waals surface area contributed by atoms with Gasteiger partial charge in [-0.25, -0.2) is 0 Å². The minimum absolute atomic E-state index is 0.841. The zero-order valence-corrected chi connectivity index (χ0v) is 12.1. The van der Waals surface area contributed by atoms with Crippen molar-refractivity contribution in [3.8, 4) is 0 Å². The smallest absolute Gasteiger partial charge is 0.0216 e. The van der Waals surface area contributed by atoms with Crippen LogP contribution in [-0.4, -0.2) is 18.6 Å². The van der Waals surface area contributed by atoms with Gasteiger partial charge in [-0.05, 0) is 73.4 Å². The molecule has 2 fully saturated rings. The van der Waals surface area contributed by atoms with Crippen LogP contribution in [0.4, 0.5) is 0 Å². The van der Waals surface area contributed by atoms with Gasteiger partial charge in [0.05, 0.1) is 0 Å². The Balaban J connectivity index is 1.36. The quantitative estimate of drug-likeness (QED) is 0.799. The number of piperidine rings is 1. The minimum Gasteiger partial charge on any atom is -0.313 e. The van der Waals surface area contributed by atoms with E-state index in [2.05, 4.69) is 28.3 Å². The summed E-state index contributed by atoms with van der Waals surface area (Å²) in [5.74, 6) is 0.958. The molecule has 18 heavy (non-hydrogen) atoms. The Morgan fingerprint density at radius 1 is 1.28 bits per heavy atom. The van der Waals surface area contributed by atoms with Gasteiger partial charge in [0.25, 0.3) is 0 Å². The zero-order chi connectivity index (χ0) is 12.4. The normalized spacial score (nSPS) is 30.8. The van der Waals surface area contributed by atoms with Crippen molar-refractivity contribution in [3.05, 3.63) is 21.9 Å². The number of nitrogens with one attached hydrogen (secondary N) is 2. The Bertz CT molecular complexity index is 376. The van der Waals surface area contributed by atoms with Crippen molar-refractivity contribution >= 4 is 11.3 Å². The van der Waals surface area contributed by atoms with E-state index in [1.54, 1.807) is 0 Å². The van der Waals surface area contributed by atoms with E-state index < -0.39 is 0 Å². The van der Waals surface area contributed by atoms with Gasteiger partial charge < -0.3 is 10.6 Å². The lowest BCUT2D eigenvalue weighted by Gasteiger charge is -2.29. The van der Waals surface area contributed by atoms with Crippen LogP contribution in [0, 0.1) is 12.8 Å². The molecule has 3 rings (SSSR count). The van der Waals surface area contributed by atoms with Gasteiger partial charge in [0.15, 0.2) is 0 Å². The molecular formula is C15H24N2S. The maximum absolute atomic E-state index is 3.72. The van der Waals surface area contributed by atoms with Crippen molar-refractivity contribution in [1.29, 1.82) is 0 Å². The molecule has 100 valence electrons. The summed E-state index contributed by atoms with van der Waals surface area (Å²) >= 11 is 1.81. The van der Waals surface area contributed by atoms with Crippen molar-refractivity contribution in [3.63, 3.8) is 0 Å². The third-order valence-corrected chi connectivity index (χ3v) is 5.49. The number of aryl methyl sites for hydroxylation is 1. The van der Waals surface area contributed by atoms with Crippen molar-refractivity contribution in [2.24, 2.45) is 5.92 Å². The van der Waals surface area contributed by atoms with E-state index in [1.807, 2.05) is 11.3 Å². The molecule has 0 spiro atoms. The standard InChI is InChI=1S/C15H24N2S/c1-11-9-18-10-13(11)8-16-5-4-12-6-14-2-3-15(7-12)17-14/h9-10,12,14-17H,2-8H2,1H3. The summed E-state index contributed by atoms with van der Waals surface area (Å²) in [6.45, 7) is 4.44. The Morgan fingerprint density at radius 2 is 2.06 bits per heavy atom. The van der Waals surface area contributed by atoms with Gasteiger partial charge in [-0.3, -0.25) is 0 Å². The van der Waals surface area contributed by atoms with Gasteiger partial charge in [-0.1, -0.05) is 0 Å². The van der Waals surface area contributed by atoms with Crippen LogP contribution in [0.25, 0.3) is 0 Å². The molecule has 0 aliphatic carbocycles. The van der Waals surface area contributed by atoms with Crippen LogP contribution in [0.3, 0.4) is 0 Å². The molecule has 0 aromatic carbocycles. The van der Waals surface area contributed by atoms with Gasteiger partial charge in [0.2, 0.25) is 0 Å². The van der Waals surface area contributed by atoms with Gasteiger partial charge >= 0.3 is 0 Å². The van der Waals surface area contributed by atoms with Crippen molar-refractivity contribution in [2.45, 2.75) is 57.7 Å². The van der Waals surface area contributed by atoms with E-state index in [9.17, 15) is 0 Å². The second-order valence-electron chi connectivity index (χ2n) is 6.02. The molecule has 2 nitrogen and oxygen atoms in total. The average molecular weight is 264 g/mol. The van der Waals surface area contributed by atoms with Gasteiger partial charge in [-0.2, -0.15) is 11.3 Å². The molecule has 0 saturated carbocycles. The maximum Gasteiger partial charge on any atom is 0.0216 e. The molecule has 1 aromatic heterocycles. The van der Waals surface area contributed by atoms with E-state index in [-0.39, 0.29) is 0 Å². The summed E-state index contributed by atoms with van der Waals surface area (Å²) in [7, 11) is 0. The summed E-state index contributed by atoms with van der Waals surface area (Å²) in [5, 5.41) is 11.8. The topological polar surface area (TPSA) is 24.1 Å². The van der Waals surface area contributed by atoms with Crippen LogP contribution in [-0.2, 0) is 6.54 Å². The Hall–Kier alpha value is -0.380. The largest absolute Gasteiger partial charge is 0.313 e. The molecule has 2 unspecified atom stereocenters.